The average Bonchev–Trinajstić information content (AvgIpc) is 2.20. The van der Waals surface area contributed by atoms with E-state index in [-0.39, 0.29) is 0 Å². The van der Waals surface area contributed by atoms with Crippen molar-refractivity contribution in [1.29, 1.82) is 5.26 Å². The number of aryl methyl sites for hydroxylation is 1. The predicted molar refractivity (Wildman–Crippen MR) is 58.2 cm³/mol. The summed E-state index contributed by atoms with van der Waals surface area (Å²) in [7, 11) is 0. The van der Waals surface area contributed by atoms with Gasteiger partial charge in [-0.05, 0) is 37.6 Å². The molecule has 78 valence electrons. The van der Waals surface area contributed by atoms with Gasteiger partial charge in [0.15, 0.2) is 0 Å². The largest absolute Gasteiger partial charge is 0.374 e. The first-order valence-corrected chi connectivity index (χ1v) is 4.61. The Labute approximate surface area is 88.7 Å². The average molecular weight is 203 g/mol. The zero-order chi connectivity index (χ0) is 11.4. The van der Waals surface area contributed by atoms with Gasteiger partial charge in [-0.15, -0.1) is 0 Å². The van der Waals surface area contributed by atoms with E-state index in [2.05, 4.69) is 11.4 Å². The van der Waals surface area contributed by atoms with E-state index in [0.29, 0.717) is 5.56 Å². The van der Waals surface area contributed by atoms with Gasteiger partial charge in [0.1, 0.15) is 6.04 Å². The quantitative estimate of drug-likeness (QED) is 0.773. The second-order valence-corrected chi connectivity index (χ2v) is 3.41. The second kappa shape index (κ2) is 4.47. The minimum Gasteiger partial charge on any atom is -0.374 e. The molecule has 0 radical (unpaired) electrons. The van der Waals surface area contributed by atoms with E-state index < -0.39 is 11.9 Å². The summed E-state index contributed by atoms with van der Waals surface area (Å²) in [5.41, 5.74) is 7.48. The van der Waals surface area contributed by atoms with Crippen LogP contribution in [0.1, 0.15) is 18.1 Å². The van der Waals surface area contributed by atoms with Crippen LogP contribution in [0.15, 0.2) is 18.2 Å². The third kappa shape index (κ3) is 2.71. The Kier molecular flexibility index (Phi) is 3.29. The zero-order valence-electron chi connectivity index (χ0n) is 8.74. The monoisotopic (exact) mass is 203 g/mol. The van der Waals surface area contributed by atoms with Crippen molar-refractivity contribution in [2.45, 2.75) is 19.9 Å². The number of primary amides is 1. The maximum Gasteiger partial charge on any atom is 0.239 e. The van der Waals surface area contributed by atoms with Crippen molar-refractivity contribution in [3.8, 4) is 6.07 Å². The maximum atomic E-state index is 10.8. The molecule has 3 N–H and O–H groups in total. The highest BCUT2D eigenvalue weighted by atomic mass is 16.1. The summed E-state index contributed by atoms with van der Waals surface area (Å²) in [5, 5.41) is 11.7. The molecular formula is C11H13N3O. The van der Waals surface area contributed by atoms with Crippen molar-refractivity contribution in [3.63, 3.8) is 0 Å². The molecule has 1 atom stereocenters. The normalized spacial score (nSPS) is 11.5. The Morgan fingerprint density at radius 3 is 2.73 bits per heavy atom. The number of nitrogens with zero attached hydrogens (tertiary/aromatic N) is 1. The summed E-state index contributed by atoms with van der Waals surface area (Å²) in [4.78, 5) is 10.8. The van der Waals surface area contributed by atoms with Gasteiger partial charge in [0.25, 0.3) is 0 Å². The van der Waals surface area contributed by atoms with E-state index in [0.717, 1.165) is 11.3 Å². The van der Waals surface area contributed by atoms with Crippen LogP contribution < -0.4 is 11.1 Å². The highest BCUT2D eigenvalue weighted by molar-refractivity contribution is 5.82. The van der Waals surface area contributed by atoms with E-state index in [9.17, 15) is 4.79 Å². The maximum absolute atomic E-state index is 10.8. The molecule has 0 aromatic heterocycles. The van der Waals surface area contributed by atoms with E-state index in [4.69, 9.17) is 11.0 Å². The molecule has 0 aliphatic carbocycles. The highest BCUT2D eigenvalue weighted by Crippen LogP contribution is 2.16. The summed E-state index contributed by atoms with van der Waals surface area (Å²) < 4.78 is 0. The fourth-order valence-electron chi connectivity index (χ4n) is 1.20. The van der Waals surface area contributed by atoms with Crippen LogP contribution >= 0.6 is 0 Å². The lowest BCUT2D eigenvalue weighted by Crippen LogP contribution is -2.32. The van der Waals surface area contributed by atoms with Crippen molar-refractivity contribution in [2.75, 3.05) is 5.32 Å². The zero-order valence-corrected chi connectivity index (χ0v) is 8.74. The molecule has 0 aliphatic heterocycles. The van der Waals surface area contributed by atoms with E-state index in [1.165, 1.54) is 0 Å². The third-order valence-corrected chi connectivity index (χ3v) is 2.15. The summed E-state index contributed by atoms with van der Waals surface area (Å²) in [6, 6.07) is 6.86. The lowest BCUT2D eigenvalue weighted by molar-refractivity contribution is -0.118. The van der Waals surface area contributed by atoms with Crippen LogP contribution in [-0.2, 0) is 4.79 Å². The van der Waals surface area contributed by atoms with Crippen molar-refractivity contribution in [1.82, 2.24) is 0 Å². The first-order chi connectivity index (χ1) is 7.04. The molecule has 0 saturated carbocycles. The van der Waals surface area contributed by atoms with E-state index in [1.54, 1.807) is 25.1 Å². The number of hydrogen-bond acceptors (Lipinski definition) is 3. The van der Waals surface area contributed by atoms with Gasteiger partial charge in [0.05, 0.1) is 11.6 Å². The Balaban J connectivity index is 2.88. The molecule has 1 aromatic carbocycles. The molecule has 0 saturated heterocycles. The summed E-state index contributed by atoms with van der Waals surface area (Å²) in [5.74, 6) is -0.404. The van der Waals surface area contributed by atoms with Crippen LogP contribution in [0.3, 0.4) is 0 Å². The number of anilines is 1. The molecule has 4 heteroatoms. The lowest BCUT2D eigenvalue weighted by atomic mass is 10.1. The van der Waals surface area contributed by atoms with Gasteiger partial charge in [-0.1, -0.05) is 0 Å². The van der Waals surface area contributed by atoms with Crippen molar-refractivity contribution < 1.29 is 4.79 Å². The fraction of sp³-hybridized carbons (Fsp3) is 0.273. The Bertz CT molecular complexity index is 420. The number of amides is 1. The molecule has 0 bridgehead atoms. The summed E-state index contributed by atoms with van der Waals surface area (Å²) in [6.45, 7) is 3.57. The van der Waals surface area contributed by atoms with Crippen LogP contribution in [0.25, 0.3) is 0 Å². The Morgan fingerprint density at radius 2 is 2.27 bits per heavy atom. The minimum atomic E-state index is -0.420. The van der Waals surface area contributed by atoms with Gasteiger partial charge in [-0.25, -0.2) is 0 Å². The van der Waals surface area contributed by atoms with Crippen LogP contribution in [0, 0.1) is 18.3 Å². The van der Waals surface area contributed by atoms with Crippen LogP contribution in [0.2, 0.25) is 0 Å². The Morgan fingerprint density at radius 1 is 1.60 bits per heavy atom. The molecular weight excluding hydrogens is 190 g/mol. The first kappa shape index (κ1) is 11.1. The molecule has 0 fully saturated rings. The second-order valence-electron chi connectivity index (χ2n) is 3.41. The van der Waals surface area contributed by atoms with Crippen molar-refractivity contribution in [2.24, 2.45) is 5.73 Å². The molecule has 1 aromatic rings. The van der Waals surface area contributed by atoms with Crippen LogP contribution in [0.5, 0.6) is 0 Å². The molecule has 0 spiro atoms. The van der Waals surface area contributed by atoms with Gasteiger partial charge in [0.2, 0.25) is 5.91 Å². The van der Waals surface area contributed by atoms with Crippen LogP contribution in [0.4, 0.5) is 5.69 Å². The number of nitriles is 1. The smallest absolute Gasteiger partial charge is 0.239 e. The highest BCUT2D eigenvalue weighted by Gasteiger charge is 2.09. The first-order valence-electron chi connectivity index (χ1n) is 4.61. The minimum absolute atomic E-state index is 0.404. The van der Waals surface area contributed by atoms with Gasteiger partial charge in [0, 0.05) is 5.69 Å². The van der Waals surface area contributed by atoms with Gasteiger partial charge in [-0.3, -0.25) is 4.79 Å². The number of carbonyl (C=O) groups is 1. The molecule has 1 unspecified atom stereocenters. The van der Waals surface area contributed by atoms with E-state index >= 15 is 0 Å². The number of nitrogens with two attached hydrogens (primary N) is 1. The predicted octanol–water partition coefficient (Wildman–Crippen LogP) is 1.15. The molecule has 1 amide bonds. The van der Waals surface area contributed by atoms with Crippen molar-refractivity contribution in [3.05, 3.63) is 29.3 Å². The summed E-state index contributed by atoms with van der Waals surface area (Å²) >= 11 is 0. The van der Waals surface area contributed by atoms with Gasteiger partial charge in [-0.2, -0.15) is 5.26 Å². The van der Waals surface area contributed by atoms with Crippen LogP contribution in [-0.4, -0.2) is 11.9 Å². The lowest BCUT2D eigenvalue weighted by Gasteiger charge is -2.13. The van der Waals surface area contributed by atoms with Gasteiger partial charge >= 0.3 is 0 Å². The molecule has 15 heavy (non-hydrogen) atoms. The molecule has 4 nitrogen and oxygen atoms in total. The van der Waals surface area contributed by atoms with Crippen molar-refractivity contribution >= 4 is 11.6 Å². The molecule has 0 aliphatic rings. The van der Waals surface area contributed by atoms with E-state index in [1.807, 2.05) is 6.92 Å². The molecule has 0 heterocycles. The SMILES string of the molecule is Cc1cc(C#N)ccc1NC(C)C(N)=O. The Hall–Kier alpha value is -2.02. The van der Waals surface area contributed by atoms with Gasteiger partial charge < -0.3 is 11.1 Å². The molecule has 1 rings (SSSR count). The number of nitrogens with one attached hydrogen (secondary N) is 1. The number of rotatable bonds is 3. The topological polar surface area (TPSA) is 78.9 Å². The standard InChI is InChI=1S/C11H13N3O/c1-7-5-9(6-12)3-4-10(7)14-8(2)11(13)15/h3-5,8,14H,1-2H3,(H2,13,15). The number of carbonyl (C=O) groups excluding carboxylic acids is 1. The number of benzene rings is 1. The fourth-order valence-corrected chi connectivity index (χ4v) is 1.20. The number of hydrogen-bond donors (Lipinski definition) is 2. The summed E-state index contributed by atoms with van der Waals surface area (Å²) in [6.07, 6.45) is 0. The third-order valence-electron chi connectivity index (χ3n) is 2.15.